The van der Waals surface area contributed by atoms with Gasteiger partial charge in [0.1, 0.15) is 41.3 Å². The Morgan fingerprint density at radius 1 is 1.04 bits per heavy atom. The lowest BCUT2D eigenvalue weighted by Gasteiger charge is -2.43. The zero-order valence-electron chi connectivity index (χ0n) is 28.6. The molecule has 0 aromatic heterocycles. The number of hydrogen-bond donors (Lipinski definition) is 6. The number of ether oxygens (including phenoxy) is 3. The molecule has 1 saturated heterocycles. The van der Waals surface area contributed by atoms with Gasteiger partial charge >= 0.3 is 0 Å². The molecule has 270 valence electrons. The first-order valence-corrected chi connectivity index (χ1v) is 16.4. The summed E-state index contributed by atoms with van der Waals surface area (Å²) in [7, 11) is 1.31. The first-order valence-electron chi connectivity index (χ1n) is 16.4. The second-order valence-electron chi connectivity index (χ2n) is 14.4. The number of hydrogen-bond acceptors (Lipinski definition) is 13. The molecular weight excluding hydrogens is 654 g/mol. The van der Waals surface area contributed by atoms with Crippen LogP contribution in [0.3, 0.4) is 0 Å². The largest absolute Gasteiger partial charge is 0.507 e. The van der Waals surface area contributed by atoms with Crippen LogP contribution in [0.5, 0.6) is 17.2 Å². The summed E-state index contributed by atoms with van der Waals surface area (Å²) in [5, 5.41) is 58.0. The lowest BCUT2D eigenvalue weighted by molar-refractivity contribution is -0.249. The number of nitrogens with one attached hydrogen (secondary N) is 1. The van der Waals surface area contributed by atoms with Gasteiger partial charge < -0.3 is 45.1 Å². The summed E-state index contributed by atoms with van der Waals surface area (Å²) in [5.74, 6) is -4.62. The molecule has 5 rings (SSSR count). The third-order valence-corrected chi connectivity index (χ3v) is 9.47. The molecule has 0 spiro atoms. The Labute approximate surface area is 288 Å². The molecule has 1 unspecified atom stereocenters. The number of carbonyl (C=O) groups is 5. The minimum atomic E-state index is -2.33. The molecule has 0 radical (unpaired) electrons. The Balaban J connectivity index is 1.48. The first kappa shape index (κ1) is 37.1. The van der Waals surface area contributed by atoms with Crippen molar-refractivity contribution in [2.24, 2.45) is 5.41 Å². The summed E-state index contributed by atoms with van der Waals surface area (Å²) >= 11 is 0. The van der Waals surface area contributed by atoms with Gasteiger partial charge in [-0.1, -0.05) is 32.9 Å². The van der Waals surface area contributed by atoms with E-state index >= 15 is 0 Å². The van der Waals surface area contributed by atoms with Crippen molar-refractivity contribution >= 4 is 29.0 Å². The van der Waals surface area contributed by atoms with E-state index in [-0.39, 0.29) is 58.5 Å². The van der Waals surface area contributed by atoms with E-state index < -0.39 is 102 Å². The predicted molar refractivity (Wildman–Crippen MR) is 174 cm³/mol. The van der Waals surface area contributed by atoms with E-state index in [1.54, 1.807) is 0 Å². The highest BCUT2D eigenvalue weighted by Crippen LogP contribution is 2.52. The minimum absolute atomic E-state index is 0.0128. The number of phenolic OH excluding ortho intramolecular Hbond substituents is 2. The van der Waals surface area contributed by atoms with E-state index in [0.717, 1.165) is 0 Å². The quantitative estimate of drug-likeness (QED) is 0.167. The molecule has 1 heterocycles. The number of aliphatic hydroxyl groups is 3. The summed E-state index contributed by atoms with van der Waals surface area (Å²) in [4.78, 5) is 65.6. The number of ketones is 4. The fourth-order valence-corrected chi connectivity index (χ4v) is 7.07. The Hall–Kier alpha value is -4.21. The van der Waals surface area contributed by atoms with Crippen molar-refractivity contribution in [2.75, 3.05) is 13.7 Å². The predicted octanol–water partition coefficient (Wildman–Crippen LogP) is 1.94. The Kier molecular flexibility index (Phi) is 10.3. The van der Waals surface area contributed by atoms with Crippen molar-refractivity contribution in [3.05, 3.63) is 51.6 Å². The van der Waals surface area contributed by atoms with Crippen LogP contribution in [0, 0.1) is 5.41 Å². The molecular formula is C36H43NO13. The Bertz CT molecular complexity index is 1740. The SMILES string of the molecule is COc1cccc2c1C(=O)c1c(O)c3c(c(O)c1C2=O)C[C@@](O)(C(=O)CO)C[C@@H]3OC1C[C@H](NC(=O)CCC(=O)CC(C)(C)C)[C@H](O)[C@H](C)O1. The summed E-state index contributed by atoms with van der Waals surface area (Å²) in [6, 6.07) is 3.40. The molecule has 6 atom stereocenters. The van der Waals surface area contributed by atoms with E-state index in [2.05, 4.69) is 5.32 Å². The average molecular weight is 698 g/mol. The smallest absolute Gasteiger partial charge is 0.220 e. The molecule has 14 heteroatoms. The summed E-state index contributed by atoms with van der Waals surface area (Å²) in [6.45, 7) is 6.20. The fraction of sp³-hybridized carbons (Fsp3) is 0.528. The monoisotopic (exact) mass is 697 g/mol. The Morgan fingerprint density at radius 3 is 2.36 bits per heavy atom. The fourth-order valence-electron chi connectivity index (χ4n) is 7.07. The second-order valence-corrected chi connectivity index (χ2v) is 14.4. The van der Waals surface area contributed by atoms with Gasteiger partial charge in [-0.25, -0.2) is 0 Å². The zero-order chi connectivity index (χ0) is 36.9. The van der Waals surface area contributed by atoms with Gasteiger partial charge in [-0.3, -0.25) is 24.0 Å². The second kappa shape index (κ2) is 13.8. The highest BCUT2D eigenvalue weighted by Gasteiger charge is 2.50. The number of aromatic hydroxyl groups is 2. The lowest BCUT2D eigenvalue weighted by atomic mass is 9.72. The molecule has 2 aromatic rings. The van der Waals surface area contributed by atoms with Gasteiger partial charge in [0.2, 0.25) is 11.7 Å². The first-order chi connectivity index (χ1) is 23.4. The Morgan fingerprint density at radius 2 is 1.72 bits per heavy atom. The number of rotatable bonds is 10. The van der Waals surface area contributed by atoms with Gasteiger partial charge in [-0.05, 0) is 18.4 Å². The van der Waals surface area contributed by atoms with Crippen LogP contribution in [-0.4, -0.2) is 98.4 Å². The van der Waals surface area contributed by atoms with E-state index in [1.165, 1.54) is 32.2 Å². The van der Waals surface area contributed by atoms with Crippen LogP contribution in [0.15, 0.2) is 18.2 Å². The maximum absolute atomic E-state index is 13.9. The highest BCUT2D eigenvalue weighted by atomic mass is 16.7. The third-order valence-electron chi connectivity index (χ3n) is 9.47. The van der Waals surface area contributed by atoms with Crippen LogP contribution >= 0.6 is 0 Å². The van der Waals surface area contributed by atoms with Gasteiger partial charge in [-0.15, -0.1) is 0 Å². The maximum atomic E-state index is 13.9. The lowest BCUT2D eigenvalue weighted by Crippen LogP contribution is -2.55. The van der Waals surface area contributed by atoms with Gasteiger partial charge in [0.05, 0.1) is 42.0 Å². The van der Waals surface area contributed by atoms with Crippen LogP contribution in [0.1, 0.15) is 109 Å². The van der Waals surface area contributed by atoms with Gasteiger partial charge in [0.15, 0.2) is 17.9 Å². The molecule has 1 amide bonds. The van der Waals surface area contributed by atoms with E-state index in [4.69, 9.17) is 14.2 Å². The van der Waals surface area contributed by atoms with Crippen molar-refractivity contribution in [2.45, 2.75) is 102 Å². The van der Waals surface area contributed by atoms with Crippen LogP contribution < -0.4 is 10.1 Å². The molecule has 14 nitrogen and oxygen atoms in total. The molecule has 2 aromatic carbocycles. The van der Waals surface area contributed by atoms with Crippen LogP contribution in [-0.2, 0) is 30.3 Å². The third kappa shape index (κ3) is 6.90. The molecule has 0 saturated carbocycles. The summed E-state index contributed by atoms with van der Waals surface area (Å²) < 4.78 is 17.4. The topological polar surface area (TPSA) is 226 Å². The molecule has 50 heavy (non-hydrogen) atoms. The number of fused-ring (bicyclic) bond motifs is 3. The van der Waals surface area contributed by atoms with Crippen molar-refractivity contribution in [1.29, 1.82) is 0 Å². The van der Waals surface area contributed by atoms with Gasteiger partial charge in [-0.2, -0.15) is 0 Å². The summed E-state index contributed by atoms with van der Waals surface area (Å²) in [5.41, 5.74) is -4.26. The van der Waals surface area contributed by atoms with Crippen molar-refractivity contribution in [3.63, 3.8) is 0 Å². The average Bonchev–Trinajstić information content (AvgIpc) is 3.04. The van der Waals surface area contributed by atoms with Gasteiger partial charge in [0.25, 0.3) is 0 Å². The number of benzene rings is 2. The van der Waals surface area contributed by atoms with Gasteiger partial charge in [0, 0.05) is 55.2 Å². The number of Topliss-reactive ketones (excluding diaryl/α,β-unsaturated/α-hetero) is 2. The molecule has 2 aliphatic carbocycles. The molecule has 0 bridgehead atoms. The molecule has 1 fully saturated rings. The minimum Gasteiger partial charge on any atom is -0.507 e. The van der Waals surface area contributed by atoms with E-state index in [1.807, 2.05) is 20.8 Å². The maximum Gasteiger partial charge on any atom is 0.220 e. The van der Waals surface area contributed by atoms with Crippen molar-refractivity contribution < 1.29 is 63.7 Å². The molecule has 3 aliphatic rings. The normalized spacial score (nSPS) is 26.0. The van der Waals surface area contributed by atoms with Crippen molar-refractivity contribution in [3.8, 4) is 17.2 Å². The number of phenols is 2. The number of amides is 1. The standard InChI is InChI=1S/C36H43NO13/c1-16-30(42)20(37-24(41)10-9-17(39)12-35(2,3)4)11-25(49-16)50-22-14-36(47,23(40)15-38)13-19-27(22)34(46)29-28(32(19)44)31(43)18-7-6-8-21(48-5)26(18)33(29)45/h6-8,16,20,22,25,30,38,42,44,46-47H,9-15H2,1-5H3,(H,37,41)/t16-,20-,22-,25?,30+,36-/m0/s1. The zero-order valence-corrected chi connectivity index (χ0v) is 28.6. The van der Waals surface area contributed by atoms with Crippen LogP contribution in [0.4, 0.5) is 0 Å². The van der Waals surface area contributed by atoms with E-state index in [9.17, 15) is 49.5 Å². The molecule has 1 aliphatic heterocycles. The number of carbonyl (C=O) groups excluding carboxylic acids is 5. The highest BCUT2D eigenvalue weighted by molar-refractivity contribution is 6.31. The summed E-state index contributed by atoms with van der Waals surface area (Å²) in [6.07, 6.45) is -5.92. The van der Waals surface area contributed by atoms with E-state index in [0.29, 0.717) is 6.42 Å². The van der Waals surface area contributed by atoms with Crippen LogP contribution in [0.25, 0.3) is 0 Å². The number of aliphatic hydroxyl groups excluding tert-OH is 2. The number of methoxy groups -OCH3 is 1. The van der Waals surface area contributed by atoms with Crippen LogP contribution in [0.2, 0.25) is 0 Å². The molecule has 6 N–H and O–H groups in total. The van der Waals surface area contributed by atoms with Crippen molar-refractivity contribution in [1.82, 2.24) is 5.32 Å².